The Morgan fingerprint density at radius 3 is 3.12 bits per heavy atom. The van der Waals surface area contributed by atoms with Crippen molar-refractivity contribution in [3.8, 4) is 0 Å². The second-order valence-corrected chi connectivity index (χ2v) is 1.85. The van der Waals surface area contributed by atoms with Gasteiger partial charge in [-0.1, -0.05) is 6.08 Å². The van der Waals surface area contributed by atoms with Crippen LogP contribution in [-0.2, 0) is 9.78 Å². The lowest BCUT2D eigenvalue weighted by Crippen LogP contribution is -2.00. The Hall–Kier alpha value is -0.340. The molecule has 0 saturated carbocycles. The average Bonchev–Trinajstić information content (AvgIpc) is 2.19. The maximum atomic E-state index is 4.82. The van der Waals surface area contributed by atoms with Crippen LogP contribution >= 0.6 is 0 Å². The Labute approximate surface area is 49.0 Å². The lowest BCUT2D eigenvalue weighted by atomic mass is 10.2. The van der Waals surface area contributed by atoms with Crippen molar-refractivity contribution >= 4 is 0 Å². The van der Waals surface area contributed by atoms with Crippen LogP contribution in [-0.4, -0.2) is 12.7 Å². The van der Waals surface area contributed by atoms with Crippen LogP contribution in [0.4, 0.5) is 0 Å². The van der Waals surface area contributed by atoms with E-state index in [1.165, 1.54) is 0 Å². The van der Waals surface area contributed by atoms with Crippen molar-refractivity contribution in [3.63, 3.8) is 0 Å². The number of hydrogen-bond acceptors (Lipinski definition) is 2. The zero-order valence-corrected chi connectivity index (χ0v) is 4.80. The molecule has 0 aromatic rings. The molecule has 0 aromatic heterocycles. The molecule has 46 valence electrons. The predicted octanol–water partition coefficient (Wildman–Crippen LogP) is 1.28. The molecule has 1 heterocycles. The van der Waals surface area contributed by atoms with Crippen molar-refractivity contribution in [1.82, 2.24) is 0 Å². The van der Waals surface area contributed by atoms with E-state index in [2.05, 4.69) is 11.5 Å². The van der Waals surface area contributed by atoms with Crippen LogP contribution in [0, 0.1) is 0 Å². The summed E-state index contributed by atoms with van der Waals surface area (Å²) in [6.45, 7) is 4.32. The van der Waals surface area contributed by atoms with E-state index < -0.39 is 0 Å². The van der Waals surface area contributed by atoms with Crippen LogP contribution in [0.25, 0.3) is 0 Å². The van der Waals surface area contributed by atoms with Crippen molar-refractivity contribution in [1.29, 1.82) is 0 Å². The van der Waals surface area contributed by atoms with E-state index in [1.807, 2.05) is 6.08 Å². The van der Waals surface area contributed by atoms with E-state index >= 15 is 0 Å². The fourth-order valence-electron chi connectivity index (χ4n) is 0.715. The Bertz CT molecular complexity index is 74.6. The molecule has 0 aliphatic carbocycles. The van der Waals surface area contributed by atoms with Crippen LogP contribution in [0.5, 0.6) is 0 Å². The molecule has 1 aliphatic heterocycles. The molecule has 1 aliphatic rings. The van der Waals surface area contributed by atoms with E-state index in [0.717, 1.165) is 19.4 Å². The monoisotopic (exact) mass is 114 g/mol. The smallest absolute Gasteiger partial charge is 0.0987 e. The van der Waals surface area contributed by atoms with E-state index in [9.17, 15) is 0 Å². The fraction of sp³-hybridized carbons (Fsp3) is 0.667. The highest BCUT2D eigenvalue weighted by Gasteiger charge is 2.14. The summed E-state index contributed by atoms with van der Waals surface area (Å²) in [5.41, 5.74) is 0. The summed E-state index contributed by atoms with van der Waals surface area (Å²) in [7, 11) is 0. The van der Waals surface area contributed by atoms with Gasteiger partial charge in [-0.05, 0) is 6.42 Å². The summed E-state index contributed by atoms with van der Waals surface area (Å²) in [4.78, 5) is 9.48. The highest BCUT2D eigenvalue weighted by molar-refractivity contribution is 4.73. The first-order valence-electron chi connectivity index (χ1n) is 2.82. The molecule has 2 nitrogen and oxygen atoms in total. The van der Waals surface area contributed by atoms with Gasteiger partial charge < -0.3 is 0 Å². The largest absolute Gasteiger partial charge is 0.236 e. The minimum absolute atomic E-state index is 0.271. The van der Waals surface area contributed by atoms with Crippen molar-refractivity contribution < 1.29 is 9.78 Å². The van der Waals surface area contributed by atoms with Crippen LogP contribution in [0.15, 0.2) is 12.7 Å². The molecule has 1 fully saturated rings. The topological polar surface area (TPSA) is 18.5 Å². The number of rotatable bonds is 2. The zero-order chi connectivity index (χ0) is 5.82. The molecule has 0 bridgehead atoms. The van der Waals surface area contributed by atoms with E-state index in [1.54, 1.807) is 0 Å². The minimum atomic E-state index is 0.271. The second-order valence-electron chi connectivity index (χ2n) is 1.85. The van der Waals surface area contributed by atoms with Crippen molar-refractivity contribution in [2.75, 3.05) is 6.61 Å². The third-order valence-electron chi connectivity index (χ3n) is 1.16. The van der Waals surface area contributed by atoms with Crippen molar-refractivity contribution in [2.45, 2.75) is 18.9 Å². The summed E-state index contributed by atoms with van der Waals surface area (Å²) >= 11 is 0. The van der Waals surface area contributed by atoms with Crippen LogP contribution < -0.4 is 0 Å². The van der Waals surface area contributed by atoms with Gasteiger partial charge in [-0.25, -0.2) is 9.78 Å². The molecule has 0 radical (unpaired) electrons. The summed E-state index contributed by atoms with van der Waals surface area (Å²) in [5, 5.41) is 0. The van der Waals surface area contributed by atoms with Gasteiger partial charge in [0.15, 0.2) is 0 Å². The van der Waals surface area contributed by atoms with Crippen molar-refractivity contribution in [2.24, 2.45) is 0 Å². The second kappa shape index (κ2) is 2.84. The van der Waals surface area contributed by atoms with Gasteiger partial charge in [-0.3, -0.25) is 0 Å². The lowest BCUT2D eigenvalue weighted by Gasteiger charge is -1.98. The van der Waals surface area contributed by atoms with E-state index in [-0.39, 0.29) is 6.10 Å². The van der Waals surface area contributed by atoms with Gasteiger partial charge in [0.2, 0.25) is 0 Å². The van der Waals surface area contributed by atoms with E-state index in [4.69, 9.17) is 4.89 Å². The van der Waals surface area contributed by atoms with Crippen molar-refractivity contribution in [3.05, 3.63) is 12.7 Å². The summed E-state index contributed by atoms with van der Waals surface area (Å²) in [6, 6.07) is 0. The van der Waals surface area contributed by atoms with Gasteiger partial charge in [0.1, 0.15) is 0 Å². The standard InChI is InChI=1S/C6H10O2/c1-2-3-6-4-5-7-8-6/h2,6H,1,3-5H2. The Kier molecular flexibility index (Phi) is 2.06. The molecular weight excluding hydrogens is 104 g/mol. The fourth-order valence-corrected chi connectivity index (χ4v) is 0.715. The van der Waals surface area contributed by atoms with Gasteiger partial charge in [-0.2, -0.15) is 0 Å². The van der Waals surface area contributed by atoms with Crippen LogP contribution in [0.2, 0.25) is 0 Å². The zero-order valence-electron chi connectivity index (χ0n) is 4.80. The molecule has 2 heteroatoms. The summed E-state index contributed by atoms with van der Waals surface area (Å²) in [6.07, 6.45) is 4.03. The quantitative estimate of drug-likeness (QED) is 0.397. The molecule has 8 heavy (non-hydrogen) atoms. The van der Waals surface area contributed by atoms with Gasteiger partial charge in [-0.15, -0.1) is 6.58 Å². The summed E-state index contributed by atoms with van der Waals surface area (Å²) < 4.78 is 0. The van der Waals surface area contributed by atoms with Gasteiger partial charge in [0.25, 0.3) is 0 Å². The van der Waals surface area contributed by atoms with Crippen LogP contribution in [0.3, 0.4) is 0 Å². The molecule has 1 rings (SSSR count). The third-order valence-corrected chi connectivity index (χ3v) is 1.16. The Morgan fingerprint density at radius 1 is 1.75 bits per heavy atom. The first-order chi connectivity index (χ1) is 3.93. The Balaban J connectivity index is 2.14. The first-order valence-corrected chi connectivity index (χ1v) is 2.82. The molecule has 1 atom stereocenters. The predicted molar refractivity (Wildman–Crippen MR) is 30.3 cm³/mol. The minimum Gasteiger partial charge on any atom is -0.236 e. The average molecular weight is 114 g/mol. The highest BCUT2D eigenvalue weighted by atomic mass is 17.2. The van der Waals surface area contributed by atoms with Crippen LogP contribution in [0.1, 0.15) is 12.8 Å². The Morgan fingerprint density at radius 2 is 2.62 bits per heavy atom. The maximum Gasteiger partial charge on any atom is 0.0987 e. The molecule has 0 aromatic carbocycles. The first kappa shape index (κ1) is 5.79. The summed E-state index contributed by atoms with van der Waals surface area (Å²) in [5.74, 6) is 0. The van der Waals surface area contributed by atoms with Gasteiger partial charge >= 0.3 is 0 Å². The van der Waals surface area contributed by atoms with Gasteiger partial charge in [0, 0.05) is 6.42 Å². The molecule has 0 N–H and O–H groups in total. The lowest BCUT2D eigenvalue weighted by molar-refractivity contribution is -0.273. The van der Waals surface area contributed by atoms with E-state index in [0.29, 0.717) is 0 Å². The third kappa shape index (κ3) is 1.32. The molecule has 0 amide bonds. The number of hydrogen-bond donors (Lipinski definition) is 0. The van der Waals surface area contributed by atoms with Gasteiger partial charge in [0.05, 0.1) is 12.7 Å². The normalized spacial score (nSPS) is 28.2. The maximum absolute atomic E-state index is 4.82. The highest BCUT2D eigenvalue weighted by Crippen LogP contribution is 2.11. The SMILES string of the molecule is C=CCC1CCOO1. The molecular formula is C6H10O2. The molecule has 1 unspecified atom stereocenters. The molecule has 0 spiro atoms. The molecule has 1 saturated heterocycles.